The molecule has 4 rings (SSSR count). The summed E-state index contributed by atoms with van der Waals surface area (Å²) in [6, 6.07) is 14.6. The van der Waals surface area contributed by atoms with Gasteiger partial charge in [-0.25, -0.2) is 9.78 Å². The van der Waals surface area contributed by atoms with Gasteiger partial charge in [0.2, 0.25) is 0 Å². The second kappa shape index (κ2) is 7.76. The molecule has 10 heteroatoms. The number of nitrogens with zero attached hydrogens (tertiary/aromatic N) is 2. The first-order chi connectivity index (χ1) is 14.4. The maximum atomic E-state index is 12.5. The van der Waals surface area contributed by atoms with Crippen molar-refractivity contribution in [3.63, 3.8) is 0 Å². The molecule has 0 bridgehead atoms. The summed E-state index contributed by atoms with van der Waals surface area (Å²) >= 11 is 1.09. The third-order valence-electron chi connectivity index (χ3n) is 4.32. The van der Waals surface area contributed by atoms with Gasteiger partial charge >= 0.3 is 5.97 Å². The molecule has 0 saturated heterocycles. The van der Waals surface area contributed by atoms with Crippen LogP contribution >= 0.6 is 11.3 Å². The molecule has 3 aromatic carbocycles. The van der Waals surface area contributed by atoms with E-state index in [-0.39, 0.29) is 16.4 Å². The van der Waals surface area contributed by atoms with E-state index < -0.39 is 23.4 Å². The van der Waals surface area contributed by atoms with Crippen molar-refractivity contribution in [1.29, 1.82) is 0 Å². The topological polar surface area (TPSA) is 137 Å². The number of nitro benzene ring substituents is 1. The predicted octanol–water partition coefficient (Wildman–Crippen LogP) is 3.74. The molecule has 0 saturated carbocycles. The van der Waals surface area contributed by atoms with Gasteiger partial charge < -0.3 is 10.5 Å². The zero-order valence-electron chi connectivity index (χ0n) is 15.3. The lowest BCUT2D eigenvalue weighted by Crippen LogP contribution is -2.21. The number of nitro groups is 1. The summed E-state index contributed by atoms with van der Waals surface area (Å²) in [5.74, 6) is -1.25. The van der Waals surface area contributed by atoms with Crippen LogP contribution in [0.4, 0.5) is 16.5 Å². The van der Waals surface area contributed by atoms with Gasteiger partial charge in [0.1, 0.15) is 0 Å². The minimum Gasteiger partial charge on any atom is -0.452 e. The molecule has 9 nitrogen and oxygen atoms in total. The van der Waals surface area contributed by atoms with Crippen LogP contribution in [-0.4, -0.2) is 28.4 Å². The van der Waals surface area contributed by atoms with Crippen LogP contribution < -0.4 is 11.1 Å². The second-order valence-electron chi connectivity index (χ2n) is 6.30. The molecule has 150 valence electrons. The summed E-state index contributed by atoms with van der Waals surface area (Å²) < 4.78 is 5.69. The Morgan fingerprint density at radius 1 is 1.17 bits per heavy atom. The minimum atomic E-state index is -0.673. The monoisotopic (exact) mass is 422 g/mol. The molecule has 0 aliphatic carbocycles. The van der Waals surface area contributed by atoms with Gasteiger partial charge in [-0.2, -0.15) is 0 Å². The molecule has 0 fully saturated rings. The molecule has 0 radical (unpaired) electrons. The number of esters is 1. The minimum absolute atomic E-state index is 0.0627. The van der Waals surface area contributed by atoms with Crippen LogP contribution in [0.3, 0.4) is 0 Å². The first kappa shape index (κ1) is 19.3. The van der Waals surface area contributed by atoms with Crippen molar-refractivity contribution >= 4 is 60.7 Å². The lowest BCUT2D eigenvalue weighted by atomic mass is 10.0. The SMILES string of the molecule is Nc1cccc2cccc(C(=O)OCC(=O)Nc3nc4ccc([N+](=O)[O-])cc4s3)c12. The van der Waals surface area contributed by atoms with Crippen molar-refractivity contribution in [2.45, 2.75) is 0 Å². The van der Waals surface area contributed by atoms with E-state index in [1.54, 1.807) is 24.3 Å². The Hall–Kier alpha value is -4.05. The number of nitrogens with two attached hydrogens (primary N) is 1. The maximum Gasteiger partial charge on any atom is 0.339 e. The Morgan fingerprint density at radius 3 is 2.70 bits per heavy atom. The molecule has 1 heterocycles. The number of aromatic nitrogens is 1. The molecule has 1 aromatic heterocycles. The molecular formula is C20H14N4O5S. The molecule has 0 spiro atoms. The van der Waals surface area contributed by atoms with Crippen molar-refractivity contribution < 1.29 is 19.2 Å². The van der Waals surface area contributed by atoms with Gasteiger partial charge in [0, 0.05) is 23.2 Å². The van der Waals surface area contributed by atoms with E-state index in [0.717, 1.165) is 16.7 Å². The Morgan fingerprint density at radius 2 is 1.93 bits per heavy atom. The molecule has 0 aliphatic heterocycles. The number of anilines is 2. The van der Waals surface area contributed by atoms with Gasteiger partial charge in [-0.1, -0.05) is 35.6 Å². The third kappa shape index (κ3) is 3.76. The van der Waals surface area contributed by atoms with Crippen LogP contribution in [0.1, 0.15) is 10.4 Å². The molecule has 30 heavy (non-hydrogen) atoms. The summed E-state index contributed by atoms with van der Waals surface area (Å²) in [5.41, 5.74) is 7.15. The fourth-order valence-corrected chi connectivity index (χ4v) is 3.90. The van der Waals surface area contributed by atoms with Gasteiger partial charge in [0.25, 0.3) is 11.6 Å². The normalized spacial score (nSPS) is 10.8. The Bertz CT molecular complexity index is 1310. The van der Waals surface area contributed by atoms with E-state index >= 15 is 0 Å². The molecule has 1 amide bonds. The Balaban J connectivity index is 1.45. The molecule has 0 unspecified atom stereocenters. The van der Waals surface area contributed by atoms with Gasteiger partial charge in [-0.3, -0.25) is 20.2 Å². The van der Waals surface area contributed by atoms with Crippen LogP contribution in [0, 0.1) is 10.1 Å². The summed E-state index contributed by atoms with van der Waals surface area (Å²) in [6.45, 7) is -0.516. The summed E-state index contributed by atoms with van der Waals surface area (Å²) in [6.07, 6.45) is 0. The van der Waals surface area contributed by atoms with Crippen LogP contribution in [0.15, 0.2) is 54.6 Å². The highest BCUT2D eigenvalue weighted by Gasteiger charge is 2.16. The molecular weight excluding hydrogens is 408 g/mol. The number of amides is 1. The van der Waals surface area contributed by atoms with Crippen molar-refractivity contribution in [2.75, 3.05) is 17.7 Å². The number of carbonyl (C=O) groups excluding carboxylic acids is 2. The zero-order valence-corrected chi connectivity index (χ0v) is 16.1. The molecule has 0 aliphatic rings. The van der Waals surface area contributed by atoms with Gasteiger partial charge in [-0.15, -0.1) is 0 Å². The average Bonchev–Trinajstić information content (AvgIpc) is 3.13. The van der Waals surface area contributed by atoms with E-state index in [2.05, 4.69) is 10.3 Å². The van der Waals surface area contributed by atoms with E-state index in [0.29, 0.717) is 21.3 Å². The number of thiazole rings is 1. The number of rotatable bonds is 5. The van der Waals surface area contributed by atoms with Crippen LogP contribution in [0.5, 0.6) is 0 Å². The van der Waals surface area contributed by atoms with Gasteiger partial charge in [0.15, 0.2) is 11.7 Å². The number of hydrogen-bond donors (Lipinski definition) is 2. The summed E-state index contributed by atoms with van der Waals surface area (Å²) in [7, 11) is 0. The van der Waals surface area contributed by atoms with Crippen molar-refractivity contribution in [3.05, 3.63) is 70.3 Å². The Labute approximate surface area is 173 Å². The van der Waals surface area contributed by atoms with E-state index in [9.17, 15) is 19.7 Å². The predicted molar refractivity (Wildman–Crippen MR) is 114 cm³/mol. The van der Waals surface area contributed by atoms with Crippen molar-refractivity contribution in [2.24, 2.45) is 0 Å². The lowest BCUT2D eigenvalue weighted by molar-refractivity contribution is -0.384. The largest absolute Gasteiger partial charge is 0.452 e. The first-order valence-corrected chi connectivity index (χ1v) is 9.53. The molecule has 3 N–H and O–H groups in total. The number of ether oxygens (including phenoxy) is 1. The van der Waals surface area contributed by atoms with Gasteiger partial charge in [0.05, 0.1) is 20.7 Å². The first-order valence-electron chi connectivity index (χ1n) is 8.71. The van der Waals surface area contributed by atoms with E-state index in [1.807, 2.05) is 12.1 Å². The van der Waals surface area contributed by atoms with Crippen molar-refractivity contribution in [1.82, 2.24) is 4.98 Å². The average molecular weight is 422 g/mol. The fraction of sp³-hybridized carbons (Fsp3) is 0.0500. The molecule has 4 aromatic rings. The Kier molecular flexibility index (Phi) is 4.98. The summed E-state index contributed by atoms with van der Waals surface area (Å²) in [4.78, 5) is 39.2. The maximum absolute atomic E-state index is 12.5. The number of non-ortho nitro benzene ring substituents is 1. The highest BCUT2D eigenvalue weighted by atomic mass is 32.1. The fourth-order valence-electron chi connectivity index (χ4n) is 2.98. The highest BCUT2D eigenvalue weighted by Crippen LogP contribution is 2.29. The molecule has 0 atom stereocenters. The summed E-state index contributed by atoms with van der Waals surface area (Å²) in [5, 5.41) is 15.0. The lowest BCUT2D eigenvalue weighted by Gasteiger charge is -2.09. The van der Waals surface area contributed by atoms with Crippen LogP contribution in [-0.2, 0) is 9.53 Å². The van der Waals surface area contributed by atoms with E-state index in [1.165, 1.54) is 18.2 Å². The van der Waals surface area contributed by atoms with Gasteiger partial charge in [-0.05, 0) is 23.6 Å². The number of fused-ring (bicyclic) bond motifs is 2. The van der Waals surface area contributed by atoms with Crippen LogP contribution in [0.25, 0.3) is 21.0 Å². The quantitative estimate of drug-likeness (QED) is 0.216. The zero-order chi connectivity index (χ0) is 21.3. The number of nitrogen functional groups attached to an aromatic ring is 1. The second-order valence-corrected chi connectivity index (χ2v) is 7.33. The standard InChI is InChI=1S/C20H14N4O5S/c21-14-6-2-4-11-3-1-5-13(18(11)14)19(26)29-10-17(25)23-20-22-15-8-7-12(24(27)28)9-16(15)30-20/h1-9H,10,21H2,(H,22,23,25). The number of benzene rings is 3. The third-order valence-corrected chi connectivity index (χ3v) is 5.25. The smallest absolute Gasteiger partial charge is 0.339 e. The number of nitrogens with one attached hydrogen (secondary N) is 1. The van der Waals surface area contributed by atoms with Crippen molar-refractivity contribution in [3.8, 4) is 0 Å². The number of hydrogen-bond acceptors (Lipinski definition) is 8. The van der Waals surface area contributed by atoms with Crippen LogP contribution in [0.2, 0.25) is 0 Å². The number of carbonyl (C=O) groups is 2. The van der Waals surface area contributed by atoms with E-state index in [4.69, 9.17) is 10.5 Å². The highest BCUT2D eigenvalue weighted by molar-refractivity contribution is 7.22.